The fraction of sp³-hybridized carbons (Fsp3) is 0.200. The van der Waals surface area contributed by atoms with Gasteiger partial charge in [-0.2, -0.15) is 0 Å². The maximum Gasteiger partial charge on any atom is 0.138 e. The van der Waals surface area contributed by atoms with Crippen LogP contribution in [0.2, 0.25) is 0 Å². The van der Waals surface area contributed by atoms with Crippen LogP contribution in [-0.2, 0) is 13.0 Å². The molecule has 1 aliphatic rings. The average Bonchev–Trinajstić information content (AvgIpc) is 2.99. The molecule has 4 rings (SSSR count). The molecule has 0 atom stereocenters. The number of fused-ring (bicyclic) bond motifs is 2. The van der Waals surface area contributed by atoms with Crippen molar-refractivity contribution in [2.24, 2.45) is 0 Å². The van der Waals surface area contributed by atoms with Crippen LogP contribution in [0.25, 0.3) is 22.6 Å². The van der Waals surface area contributed by atoms with Crippen molar-refractivity contribution in [3.8, 4) is 0 Å². The molecule has 0 amide bonds. The molecule has 0 unspecified atom stereocenters. The summed E-state index contributed by atoms with van der Waals surface area (Å²) in [5.41, 5.74) is 5.31. The van der Waals surface area contributed by atoms with Crippen LogP contribution in [0.4, 0.5) is 0 Å². The van der Waals surface area contributed by atoms with E-state index in [1.165, 1.54) is 16.7 Å². The lowest BCUT2D eigenvalue weighted by molar-refractivity contribution is 0.703. The molecule has 1 N–H and O–H groups in total. The Kier molecular flexibility index (Phi) is 3.34. The lowest BCUT2D eigenvalue weighted by Crippen LogP contribution is -2.20. The van der Waals surface area contributed by atoms with Crippen molar-refractivity contribution < 1.29 is 0 Å². The SMILES string of the molecule is CCc1ccccc1/C=C1\CCn2c1nc1ccccc1c2=N. The first-order valence-corrected chi connectivity index (χ1v) is 8.11. The number of rotatable bonds is 2. The number of hydrogen-bond acceptors (Lipinski definition) is 2. The summed E-state index contributed by atoms with van der Waals surface area (Å²) in [7, 11) is 0. The molecule has 0 fully saturated rings. The van der Waals surface area contributed by atoms with E-state index in [0.29, 0.717) is 5.49 Å². The number of aryl methyl sites for hydroxylation is 1. The Labute approximate surface area is 135 Å². The lowest BCUT2D eigenvalue weighted by atomic mass is 10.0. The number of nitrogens with zero attached hydrogens (tertiary/aromatic N) is 2. The van der Waals surface area contributed by atoms with E-state index >= 15 is 0 Å². The maximum atomic E-state index is 8.46. The van der Waals surface area contributed by atoms with E-state index in [1.54, 1.807) is 0 Å². The largest absolute Gasteiger partial charge is 0.310 e. The van der Waals surface area contributed by atoms with E-state index in [1.807, 2.05) is 28.8 Å². The van der Waals surface area contributed by atoms with E-state index < -0.39 is 0 Å². The quantitative estimate of drug-likeness (QED) is 0.763. The van der Waals surface area contributed by atoms with Crippen LogP contribution in [0, 0.1) is 5.41 Å². The zero-order valence-corrected chi connectivity index (χ0v) is 13.2. The second-order valence-electron chi connectivity index (χ2n) is 5.92. The van der Waals surface area contributed by atoms with E-state index in [4.69, 9.17) is 10.4 Å². The molecular weight excluding hydrogens is 282 g/mol. The molecule has 0 spiro atoms. The van der Waals surface area contributed by atoms with Gasteiger partial charge in [-0.3, -0.25) is 5.41 Å². The van der Waals surface area contributed by atoms with Gasteiger partial charge < -0.3 is 4.57 Å². The normalized spacial score (nSPS) is 15.3. The number of aromatic nitrogens is 2. The summed E-state index contributed by atoms with van der Waals surface area (Å²) >= 11 is 0. The highest BCUT2D eigenvalue weighted by atomic mass is 15.1. The summed E-state index contributed by atoms with van der Waals surface area (Å²) in [6.45, 7) is 3.02. The Bertz CT molecular complexity index is 980. The van der Waals surface area contributed by atoms with Gasteiger partial charge in [-0.1, -0.05) is 43.3 Å². The summed E-state index contributed by atoms with van der Waals surface area (Å²) in [4.78, 5) is 4.82. The smallest absolute Gasteiger partial charge is 0.138 e. The Morgan fingerprint density at radius 3 is 2.78 bits per heavy atom. The minimum Gasteiger partial charge on any atom is -0.310 e. The summed E-state index contributed by atoms with van der Waals surface area (Å²) in [5.74, 6) is 0.944. The molecule has 0 saturated carbocycles. The molecule has 1 aromatic heterocycles. The molecule has 2 aromatic carbocycles. The van der Waals surface area contributed by atoms with Crippen LogP contribution < -0.4 is 5.49 Å². The van der Waals surface area contributed by atoms with Gasteiger partial charge in [-0.25, -0.2) is 4.98 Å². The molecule has 0 saturated heterocycles. The van der Waals surface area contributed by atoms with Gasteiger partial charge in [0, 0.05) is 11.9 Å². The van der Waals surface area contributed by atoms with Gasteiger partial charge in [0.05, 0.1) is 5.52 Å². The first-order valence-electron chi connectivity index (χ1n) is 8.11. The molecule has 0 aliphatic carbocycles. The van der Waals surface area contributed by atoms with Crippen LogP contribution in [0.1, 0.15) is 30.3 Å². The van der Waals surface area contributed by atoms with Crippen LogP contribution in [-0.4, -0.2) is 9.55 Å². The monoisotopic (exact) mass is 301 g/mol. The lowest BCUT2D eigenvalue weighted by Gasteiger charge is -2.08. The fourth-order valence-electron chi connectivity index (χ4n) is 3.33. The van der Waals surface area contributed by atoms with Crippen molar-refractivity contribution in [2.75, 3.05) is 0 Å². The Hall–Kier alpha value is -2.68. The first kappa shape index (κ1) is 13.9. The zero-order valence-electron chi connectivity index (χ0n) is 13.2. The Morgan fingerprint density at radius 1 is 1.13 bits per heavy atom. The zero-order chi connectivity index (χ0) is 15.8. The molecule has 1 aliphatic heterocycles. The van der Waals surface area contributed by atoms with Crippen molar-refractivity contribution >= 4 is 22.6 Å². The van der Waals surface area contributed by atoms with Gasteiger partial charge in [0.15, 0.2) is 0 Å². The number of nitrogens with one attached hydrogen (secondary N) is 1. The minimum absolute atomic E-state index is 0.567. The predicted molar refractivity (Wildman–Crippen MR) is 93.9 cm³/mol. The average molecular weight is 301 g/mol. The minimum atomic E-state index is 0.567. The molecule has 3 nitrogen and oxygen atoms in total. The summed E-state index contributed by atoms with van der Waals surface area (Å²) in [5, 5.41) is 9.39. The van der Waals surface area contributed by atoms with Gasteiger partial charge in [0.25, 0.3) is 0 Å². The highest BCUT2D eigenvalue weighted by molar-refractivity contribution is 5.85. The third-order valence-electron chi connectivity index (χ3n) is 4.57. The third-order valence-corrected chi connectivity index (χ3v) is 4.57. The second kappa shape index (κ2) is 5.51. The molecular formula is C20H19N3. The summed E-state index contributed by atoms with van der Waals surface area (Å²) in [6, 6.07) is 16.4. The van der Waals surface area contributed by atoms with Crippen LogP contribution in [0.15, 0.2) is 48.5 Å². The Balaban J connectivity index is 1.91. The molecule has 2 heterocycles. The topological polar surface area (TPSA) is 41.7 Å². The van der Waals surface area contributed by atoms with Gasteiger partial charge in [-0.05, 0) is 47.8 Å². The highest BCUT2D eigenvalue weighted by Crippen LogP contribution is 2.28. The first-order chi connectivity index (χ1) is 11.3. The maximum absolute atomic E-state index is 8.46. The van der Waals surface area contributed by atoms with E-state index in [-0.39, 0.29) is 0 Å². The Morgan fingerprint density at radius 2 is 1.91 bits per heavy atom. The van der Waals surface area contributed by atoms with Crippen molar-refractivity contribution in [1.29, 1.82) is 5.41 Å². The molecule has 114 valence electrons. The number of allylic oxidation sites excluding steroid dienone is 1. The van der Waals surface area contributed by atoms with Gasteiger partial charge >= 0.3 is 0 Å². The van der Waals surface area contributed by atoms with Crippen LogP contribution in [0.5, 0.6) is 0 Å². The third kappa shape index (κ3) is 2.29. The molecule has 0 bridgehead atoms. The number of benzene rings is 2. The van der Waals surface area contributed by atoms with Crippen molar-refractivity contribution in [3.63, 3.8) is 0 Å². The second-order valence-corrected chi connectivity index (χ2v) is 5.92. The molecule has 3 heteroatoms. The summed E-state index contributed by atoms with van der Waals surface area (Å²) < 4.78 is 2.03. The number of hydrogen-bond donors (Lipinski definition) is 1. The fourth-order valence-corrected chi connectivity index (χ4v) is 3.33. The van der Waals surface area contributed by atoms with Crippen LogP contribution in [0.3, 0.4) is 0 Å². The van der Waals surface area contributed by atoms with Gasteiger partial charge in [0.1, 0.15) is 11.3 Å². The standard InChI is InChI=1S/C20H19N3/c1-2-14-7-3-4-8-15(14)13-16-11-12-23-19(21)17-9-5-6-10-18(17)22-20(16)23/h3-10,13,21H,2,11-12H2,1H3/b16-13+,21-19?. The van der Waals surface area contributed by atoms with Crippen molar-refractivity contribution in [3.05, 3.63) is 71.0 Å². The van der Waals surface area contributed by atoms with Gasteiger partial charge in [-0.15, -0.1) is 0 Å². The molecule has 3 aromatic rings. The van der Waals surface area contributed by atoms with Gasteiger partial charge in [0.2, 0.25) is 0 Å². The van der Waals surface area contributed by atoms with Crippen molar-refractivity contribution in [1.82, 2.24) is 9.55 Å². The summed E-state index contributed by atoms with van der Waals surface area (Å²) in [6.07, 6.45) is 4.21. The molecule has 23 heavy (non-hydrogen) atoms. The van der Waals surface area contributed by atoms with E-state index in [0.717, 1.165) is 36.1 Å². The molecule has 0 radical (unpaired) electrons. The number of para-hydroxylation sites is 1. The predicted octanol–water partition coefficient (Wildman–Crippen LogP) is 4.02. The van der Waals surface area contributed by atoms with E-state index in [9.17, 15) is 0 Å². The van der Waals surface area contributed by atoms with E-state index in [2.05, 4.69) is 37.3 Å². The van der Waals surface area contributed by atoms with Crippen molar-refractivity contribution in [2.45, 2.75) is 26.3 Å². The highest BCUT2D eigenvalue weighted by Gasteiger charge is 2.19. The van der Waals surface area contributed by atoms with Crippen LogP contribution >= 0.6 is 0 Å².